The quantitative estimate of drug-likeness (QED) is 0.863. The van der Waals surface area contributed by atoms with Crippen molar-refractivity contribution in [3.8, 4) is 0 Å². The minimum Gasteiger partial charge on any atom is -0.382 e. The number of hydrogen-bond acceptors (Lipinski definition) is 5. The molecule has 0 bridgehead atoms. The zero-order valence-electron chi connectivity index (χ0n) is 9.30. The Morgan fingerprint density at radius 1 is 1.50 bits per heavy atom. The Bertz CT molecular complexity index is 561. The molecule has 0 aliphatic rings. The molecular formula is C11H10ClN5O. The molecule has 0 aromatic carbocycles. The Kier molecular flexibility index (Phi) is 3.69. The van der Waals surface area contributed by atoms with Crippen molar-refractivity contribution in [2.24, 2.45) is 0 Å². The van der Waals surface area contributed by atoms with Crippen molar-refractivity contribution in [1.29, 1.82) is 0 Å². The number of carbonyl (C=O) groups is 1. The fourth-order valence-corrected chi connectivity index (χ4v) is 1.44. The first-order valence-electron chi connectivity index (χ1n) is 5.12. The van der Waals surface area contributed by atoms with Crippen LogP contribution in [0.1, 0.15) is 16.1 Å². The van der Waals surface area contributed by atoms with E-state index in [0.717, 1.165) is 0 Å². The van der Waals surface area contributed by atoms with Crippen molar-refractivity contribution in [3.05, 3.63) is 46.9 Å². The van der Waals surface area contributed by atoms with Crippen LogP contribution in [-0.4, -0.2) is 21.1 Å². The summed E-state index contributed by atoms with van der Waals surface area (Å²) in [5, 5.41) is 10.5. The lowest BCUT2D eigenvalue weighted by Gasteiger charge is -2.05. The van der Waals surface area contributed by atoms with E-state index in [2.05, 4.69) is 20.5 Å². The average molecular weight is 264 g/mol. The standard InChI is InChI=1S/C11H10ClN5O/c12-9-4-7(5-14-10(9)13)11(18)15-6-8-2-1-3-16-17-8/h1-5H,6H2,(H2,13,14)(H,15,18). The maximum absolute atomic E-state index is 11.8. The zero-order valence-corrected chi connectivity index (χ0v) is 10.1. The Morgan fingerprint density at radius 3 is 3.00 bits per heavy atom. The van der Waals surface area contributed by atoms with Crippen LogP contribution in [0.3, 0.4) is 0 Å². The van der Waals surface area contributed by atoms with E-state index in [9.17, 15) is 4.79 Å². The zero-order chi connectivity index (χ0) is 13.0. The van der Waals surface area contributed by atoms with Gasteiger partial charge < -0.3 is 11.1 Å². The number of rotatable bonds is 3. The minimum atomic E-state index is -0.296. The van der Waals surface area contributed by atoms with E-state index in [0.29, 0.717) is 11.3 Å². The molecule has 0 saturated heterocycles. The van der Waals surface area contributed by atoms with Gasteiger partial charge >= 0.3 is 0 Å². The van der Waals surface area contributed by atoms with Crippen LogP contribution in [0, 0.1) is 0 Å². The maximum Gasteiger partial charge on any atom is 0.253 e. The van der Waals surface area contributed by atoms with Crippen LogP contribution in [0.5, 0.6) is 0 Å². The maximum atomic E-state index is 11.8. The molecule has 0 radical (unpaired) electrons. The summed E-state index contributed by atoms with van der Waals surface area (Å²) in [6, 6.07) is 4.98. The number of amides is 1. The number of anilines is 1. The summed E-state index contributed by atoms with van der Waals surface area (Å²) in [7, 11) is 0. The third kappa shape index (κ3) is 2.92. The van der Waals surface area contributed by atoms with E-state index < -0.39 is 0 Å². The van der Waals surface area contributed by atoms with E-state index in [-0.39, 0.29) is 23.3 Å². The second-order valence-corrected chi connectivity index (χ2v) is 3.90. The van der Waals surface area contributed by atoms with Gasteiger partial charge in [0, 0.05) is 12.4 Å². The Morgan fingerprint density at radius 2 is 2.33 bits per heavy atom. The fraction of sp³-hybridized carbons (Fsp3) is 0.0909. The number of carbonyl (C=O) groups excluding carboxylic acids is 1. The molecular weight excluding hydrogens is 254 g/mol. The molecule has 0 aliphatic carbocycles. The van der Waals surface area contributed by atoms with Crippen LogP contribution in [0.25, 0.3) is 0 Å². The van der Waals surface area contributed by atoms with Gasteiger partial charge in [0.1, 0.15) is 5.82 Å². The van der Waals surface area contributed by atoms with Crippen molar-refractivity contribution in [1.82, 2.24) is 20.5 Å². The number of halogens is 1. The van der Waals surface area contributed by atoms with Gasteiger partial charge in [-0.3, -0.25) is 4.79 Å². The van der Waals surface area contributed by atoms with Crippen molar-refractivity contribution < 1.29 is 4.79 Å². The molecule has 92 valence electrons. The third-order valence-corrected chi connectivity index (χ3v) is 2.49. The summed E-state index contributed by atoms with van der Waals surface area (Å²) in [6.07, 6.45) is 2.93. The largest absolute Gasteiger partial charge is 0.382 e. The summed E-state index contributed by atoms with van der Waals surface area (Å²) in [5.74, 6) is -0.0998. The highest BCUT2D eigenvalue weighted by Gasteiger charge is 2.08. The summed E-state index contributed by atoms with van der Waals surface area (Å²) in [4.78, 5) is 15.6. The van der Waals surface area contributed by atoms with E-state index >= 15 is 0 Å². The van der Waals surface area contributed by atoms with Gasteiger partial charge in [0.25, 0.3) is 5.91 Å². The minimum absolute atomic E-state index is 0.196. The number of nitrogens with zero attached hydrogens (tertiary/aromatic N) is 3. The highest BCUT2D eigenvalue weighted by molar-refractivity contribution is 6.33. The molecule has 6 nitrogen and oxygen atoms in total. The fourth-order valence-electron chi connectivity index (χ4n) is 1.27. The predicted molar refractivity (Wildman–Crippen MR) is 66.9 cm³/mol. The van der Waals surface area contributed by atoms with Crippen LogP contribution in [0.15, 0.2) is 30.6 Å². The van der Waals surface area contributed by atoms with Crippen LogP contribution >= 0.6 is 11.6 Å². The third-order valence-electron chi connectivity index (χ3n) is 2.19. The van der Waals surface area contributed by atoms with Gasteiger partial charge in [-0.15, -0.1) is 0 Å². The summed E-state index contributed by atoms with van der Waals surface area (Å²) in [5.41, 5.74) is 6.47. The van der Waals surface area contributed by atoms with Crippen LogP contribution in [0.2, 0.25) is 5.02 Å². The molecule has 2 aromatic rings. The van der Waals surface area contributed by atoms with Crippen LogP contribution in [-0.2, 0) is 6.54 Å². The SMILES string of the molecule is Nc1ncc(C(=O)NCc2cccnn2)cc1Cl. The number of aromatic nitrogens is 3. The van der Waals surface area contributed by atoms with Gasteiger partial charge in [-0.1, -0.05) is 11.6 Å². The highest BCUT2D eigenvalue weighted by atomic mass is 35.5. The highest BCUT2D eigenvalue weighted by Crippen LogP contribution is 2.16. The number of nitrogen functional groups attached to an aromatic ring is 1. The van der Waals surface area contributed by atoms with Crippen molar-refractivity contribution in [3.63, 3.8) is 0 Å². The monoisotopic (exact) mass is 263 g/mol. The number of nitrogens with one attached hydrogen (secondary N) is 1. The Hall–Kier alpha value is -2.21. The Labute approximate surface area is 108 Å². The molecule has 2 rings (SSSR count). The smallest absolute Gasteiger partial charge is 0.253 e. The van der Waals surface area contributed by atoms with Crippen molar-refractivity contribution >= 4 is 23.3 Å². The molecule has 3 N–H and O–H groups in total. The molecule has 0 atom stereocenters. The topological polar surface area (TPSA) is 93.8 Å². The molecule has 2 heterocycles. The molecule has 1 amide bonds. The van der Waals surface area contributed by atoms with E-state index in [1.165, 1.54) is 12.3 Å². The van der Waals surface area contributed by atoms with E-state index in [1.54, 1.807) is 18.3 Å². The first-order valence-corrected chi connectivity index (χ1v) is 5.50. The summed E-state index contributed by atoms with van der Waals surface area (Å²) < 4.78 is 0. The molecule has 7 heteroatoms. The molecule has 18 heavy (non-hydrogen) atoms. The molecule has 0 spiro atoms. The van der Waals surface area contributed by atoms with E-state index in [1.807, 2.05) is 0 Å². The molecule has 0 unspecified atom stereocenters. The first-order chi connectivity index (χ1) is 8.66. The molecule has 2 aromatic heterocycles. The van der Waals surface area contributed by atoms with Gasteiger partial charge in [-0.05, 0) is 18.2 Å². The predicted octanol–water partition coefficient (Wildman–Crippen LogP) is 1.04. The lowest BCUT2D eigenvalue weighted by molar-refractivity contribution is 0.0950. The van der Waals surface area contributed by atoms with Gasteiger partial charge in [-0.25, -0.2) is 4.98 Å². The van der Waals surface area contributed by atoms with E-state index in [4.69, 9.17) is 17.3 Å². The van der Waals surface area contributed by atoms with Gasteiger partial charge in [0.05, 0.1) is 22.8 Å². The average Bonchev–Trinajstić information content (AvgIpc) is 2.40. The Balaban J connectivity index is 2.02. The van der Waals surface area contributed by atoms with Crippen molar-refractivity contribution in [2.75, 3.05) is 5.73 Å². The van der Waals surface area contributed by atoms with Crippen molar-refractivity contribution in [2.45, 2.75) is 6.54 Å². The molecule has 0 saturated carbocycles. The lowest BCUT2D eigenvalue weighted by Crippen LogP contribution is -2.23. The van der Waals surface area contributed by atoms with Crippen LogP contribution < -0.4 is 11.1 Å². The number of hydrogen-bond donors (Lipinski definition) is 2. The number of pyridine rings is 1. The second kappa shape index (κ2) is 5.42. The second-order valence-electron chi connectivity index (χ2n) is 3.49. The van der Waals surface area contributed by atoms with Gasteiger partial charge in [-0.2, -0.15) is 10.2 Å². The van der Waals surface area contributed by atoms with Crippen LogP contribution in [0.4, 0.5) is 5.82 Å². The lowest BCUT2D eigenvalue weighted by atomic mass is 10.2. The van der Waals surface area contributed by atoms with Gasteiger partial charge in [0.2, 0.25) is 0 Å². The summed E-state index contributed by atoms with van der Waals surface area (Å²) in [6.45, 7) is 0.286. The van der Waals surface area contributed by atoms with Gasteiger partial charge in [0.15, 0.2) is 0 Å². The summed E-state index contributed by atoms with van der Waals surface area (Å²) >= 11 is 5.79. The molecule has 0 fully saturated rings. The number of nitrogens with two attached hydrogens (primary N) is 1. The molecule has 0 aliphatic heterocycles. The first kappa shape index (κ1) is 12.3. The normalized spacial score (nSPS) is 10.1.